The number of nitrogens with one attached hydrogen (secondary N) is 1. The van der Waals surface area contributed by atoms with Crippen LogP contribution in [0.1, 0.15) is 9.88 Å². The topological polar surface area (TPSA) is 72.5 Å². The van der Waals surface area contributed by atoms with Gasteiger partial charge in [-0.25, -0.2) is 4.98 Å². The van der Waals surface area contributed by atoms with Crippen molar-refractivity contribution in [1.29, 1.82) is 0 Å². The molecule has 10 heteroatoms. The summed E-state index contributed by atoms with van der Waals surface area (Å²) in [5.74, 6) is -0.356. The molecule has 0 spiro atoms. The summed E-state index contributed by atoms with van der Waals surface area (Å²) in [6.07, 6.45) is -2.38. The molecule has 1 aromatic heterocycles. The summed E-state index contributed by atoms with van der Waals surface area (Å²) in [5.41, 5.74) is 5.79. The number of thiazole rings is 1. The highest BCUT2D eigenvalue weighted by atomic mass is 127. The number of aryl methyl sites for hydroxylation is 1. The summed E-state index contributed by atoms with van der Waals surface area (Å²) in [6, 6.07) is 5.62. The second kappa shape index (κ2) is 9.06. The molecule has 0 unspecified atom stereocenters. The lowest BCUT2D eigenvalue weighted by atomic mass is 10.3. The van der Waals surface area contributed by atoms with Gasteiger partial charge in [-0.15, -0.1) is 48.5 Å². The van der Waals surface area contributed by atoms with Crippen LogP contribution in [-0.2, 0) is 6.42 Å². The maximum absolute atomic E-state index is 12.3. The van der Waals surface area contributed by atoms with Crippen LogP contribution in [0.25, 0.3) is 0 Å². The van der Waals surface area contributed by atoms with Crippen LogP contribution >= 0.6 is 35.3 Å². The fourth-order valence-electron chi connectivity index (χ4n) is 1.75. The fraction of sp³-hybridized carbons (Fsp3) is 0.286. The van der Waals surface area contributed by atoms with E-state index >= 15 is 0 Å². The average molecular weight is 472 g/mol. The molecule has 0 saturated carbocycles. The monoisotopic (exact) mass is 472 g/mol. The Morgan fingerprint density at radius 3 is 2.71 bits per heavy atom. The van der Waals surface area contributed by atoms with E-state index in [-0.39, 0.29) is 41.4 Å². The Hall–Kier alpha value is -1.56. The van der Waals surface area contributed by atoms with Crippen LogP contribution < -0.4 is 15.8 Å². The van der Waals surface area contributed by atoms with Crippen LogP contribution in [-0.4, -0.2) is 23.9 Å². The number of para-hydroxylation sites is 2. The predicted octanol–water partition coefficient (Wildman–Crippen LogP) is 3.94. The van der Waals surface area contributed by atoms with Gasteiger partial charge in [0.1, 0.15) is 0 Å². The number of anilines is 1. The molecule has 2 rings (SSSR count). The first kappa shape index (κ1) is 20.5. The van der Waals surface area contributed by atoms with E-state index in [0.29, 0.717) is 13.0 Å². The first-order chi connectivity index (χ1) is 10.8. The lowest BCUT2D eigenvalue weighted by Crippen LogP contribution is -2.24. The van der Waals surface area contributed by atoms with Crippen LogP contribution in [0.3, 0.4) is 0 Å². The van der Waals surface area contributed by atoms with Crippen molar-refractivity contribution < 1.29 is 17.9 Å². The lowest BCUT2D eigenvalue weighted by molar-refractivity contribution is -0.274. The van der Waals surface area contributed by atoms with Crippen LogP contribution in [0.15, 0.2) is 35.5 Å². The van der Waals surface area contributed by atoms with Gasteiger partial charge in [-0.3, -0.25) is 4.99 Å². The Morgan fingerprint density at radius 2 is 2.08 bits per heavy atom. The molecule has 3 N–H and O–H groups in total. The van der Waals surface area contributed by atoms with E-state index in [1.54, 1.807) is 23.6 Å². The van der Waals surface area contributed by atoms with Crippen molar-refractivity contribution in [1.82, 2.24) is 4.98 Å². The summed E-state index contributed by atoms with van der Waals surface area (Å²) in [6.45, 7) is 2.34. The molecule has 1 aromatic carbocycles. The fourth-order valence-corrected chi connectivity index (χ4v) is 2.53. The Balaban J connectivity index is 0.00000288. The molecule has 5 nitrogen and oxygen atoms in total. The van der Waals surface area contributed by atoms with E-state index in [1.165, 1.54) is 18.2 Å². The molecule has 0 atom stereocenters. The van der Waals surface area contributed by atoms with Gasteiger partial charge >= 0.3 is 6.36 Å². The molecule has 0 aliphatic carbocycles. The molecular formula is C14H16F3IN4OS. The third kappa shape index (κ3) is 6.91. The molecule has 0 aliphatic rings. The maximum Gasteiger partial charge on any atom is 0.573 e. The zero-order chi connectivity index (χ0) is 16.9. The summed E-state index contributed by atoms with van der Waals surface area (Å²) >= 11 is 1.57. The number of halogens is 4. The average Bonchev–Trinajstić information content (AvgIpc) is 2.85. The van der Waals surface area contributed by atoms with E-state index in [2.05, 4.69) is 20.0 Å². The number of ether oxygens (including phenoxy) is 1. The quantitative estimate of drug-likeness (QED) is 0.393. The van der Waals surface area contributed by atoms with Gasteiger partial charge in [0.2, 0.25) is 0 Å². The highest BCUT2D eigenvalue weighted by Gasteiger charge is 2.32. The Labute approximate surface area is 158 Å². The smallest absolute Gasteiger partial charge is 0.404 e. The van der Waals surface area contributed by atoms with Gasteiger partial charge in [0.05, 0.1) is 10.7 Å². The normalized spacial score (nSPS) is 11.8. The van der Waals surface area contributed by atoms with Crippen molar-refractivity contribution in [3.63, 3.8) is 0 Å². The summed E-state index contributed by atoms with van der Waals surface area (Å²) in [7, 11) is 0. The zero-order valence-corrected chi connectivity index (χ0v) is 15.8. The Morgan fingerprint density at radius 1 is 1.38 bits per heavy atom. The SMILES string of the molecule is Cc1cnc(CCN=C(N)Nc2ccccc2OC(F)(F)F)s1.I. The molecule has 0 bridgehead atoms. The van der Waals surface area contributed by atoms with Crippen LogP contribution in [0, 0.1) is 6.92 Å². The highest BCUT2D eigenvalue weighted by molar-refractivity contribution is 14.0. The number of aromatic nitrogens is 1. The first-order valence-corrected chi connectivity index (χ1v) is 7.48. The van der Waals surface area contributed by atoms with Crippen molar-refractivity contribution in [2.24, 2.45) is 10.7 Å². The summed E-state index contributed by atoms with van der Waals surface area (Å²) in [5, 5.41) is 3.54. The van der Waals surface area contributed by atoms with E-state index in [4.69, 9.17) is 5.73 Å². The summed E-state index contributed by atoms with van der Waals surface area (Å²) < 4.78 is 40.9. The molecule has 0 saturated heterocycles. The number of alkyl halides is 3. The van der Waals surface area contributed by atoms with E-state index in [1.807, 2.05) is 6.92 Å². The highest BCUT2D eigenvalue weighted by Crippen LogP contribution is 2.29. The van der Waals surface area contributed by atoms with Gasteiger partial charge in [0, 0.05) is 24.0 Å². The van der Waals surface area contributed by atoms with Crippen molar-refractivity contribution >= 4 is 47.0 Å². The van der Waals surface area contributed by atoms with Gasteiger partial charge in [-0.05, 0) is 19.1 Å². The van der Waals surface area contributed by atoms with Crippen LogP contribution in [0.4, 0.5) is 18.9 Å². The van der Waals surface area contributed by atoms with Crippen molar-refractivity contribution in [2.45, 2.75) is 19.7 Å². The first-order valence-electron chi connectivity index (χ1n) is 6.66. The zero-order valence-electron chi connectivity index (χ0n) is 12.6. The van der Waals surface area contributed by atoms with Gasteiger partial charge in [0.25, 0.3) is 0 Å². The van der Waals surface area contributed by atoms with Gasteiger partial charge in [0.15, 0.2) is 11.7 Å². The molecule has 0 fully saturated rings. The molecule has 0 amide bonds. The molecule has 132 valence electrons. The van der Waals surface area contributed by atoms with Crippen molar-refractivity contribution in [3.05, 3.63) is 40.3 Å². The predicted molar refractivity (Wildman–Crippen MR) is 99.2 cm³/mol. The molecule has 0 aliphatic heterocycles. The summed E-state index contributed by atoms with van der Waals surface area (Å²) in [4.78, 5) is 9.37. The number of aliphatic imine (C=N–C) groups is 1. The number of nitrogens with zero attached hydrogens (tertiary/aromatic N) is 2. The van der Waals surface area contributed by atoms with Gasteiger partial charge in [-0.1, -0.05) is 12.1 Å². The lowest BCUT2D eigenvalue weighted by Gasteiger charge is -2.14. The third-order valence-corrected chi connectivity index (χ3v) is 3.62. The van der Waals surface area contributed by atoms with Crippen molar-refractivity contribution in [3.8, 4) is 5.75 Å². The molecule has 2 aromatic rings. The van der Waals surface area contributed by atoms with Gasteiger partial charge < -0.3 is 15.8 Å². The number of nitrogens with two attached hydrogens (primary N) is 1. The number of guanidine groups is 1. The number of rotatable bonds is 5. The molecule has 1 heterocycles. The number of hydrogen-bond acceptors (Lipinski definition) is 4. The third-order valence-electron chi connectivity index (χ3n) is 2.65. The second-order valence-electron chi connectivity index (χ2n) is 4.55. The number of benzene rings is 1. The number of hydrogen-bond donors (Lipinski definition) is 2. The minimum absolute atomic E-state index is 0. The Kier molecular flexibility index (Phi) is 7.73. The standard InChI is InChI=1S/C14H15F3N4OS.HI/c1-9-8-20-12(23-9)6-7-19-13(18)21-10-4-2-3-5-11(10)22-14(15,16)17;/h2-5,8H,6-7H2,1H3,(H3,18,19,21);1H. The Bertz CT molecular complexity index is 691. The van der Waals surface area contributed by atoms with Gasteiger partial charge in [-0.2, -0.15) is 0 Å². The van der Waals surface area contributed by atoms with E-state index in [0.717, 1.165) is 9.88 Å². The van der Waals surface area contributed by atoms with Crippen LogP contribution in [0.5, 0.6) is 5.75 Å². The maximum atomic E-state index is 12.3. The van der Waals surface area contributed by atoms with E-state index < -0.39 is 6.36 Å². The largest absolute Gasteiger partial charge is 0.573 e. The second-order valence-corrected chi connectivity index (χ2v) is 5.87. The minimum atomic E-state index is -4.77. The van der Waals surface area contributed by atoms with Crippen molar-refractivity contribution in [2.75, 3.05) is 11.9 Å². The molecular weight excluding hydrogens is 456 g/mol. The molecule has 24 heavy (non-hydrogen) atoms. The van der Waals surface area contributed by atoms with E-state index in [9.17, 15) is 13.2 Å². The minimum Gasteiger partial charge on any atom is -0.404 e. The molecule has 0 radical (unpaired) electrons. The van der Waals surface area contributed by atoms with Crippen LogP contribution in [0.2, 0.25) is 0 Å².